The van der Waals surface area contributed by atoms with E-state index in [1.165, 1.54) is 0 Å². The zero-order chi connectivity index (χ0) is 20.5. The van der Waals surface area contributed by atoms with Gasteiger partial charge in [-0.3, -0.25) is 4.79 Å². The first-order valence-corrected chi connectivity index (χ1v) is 10.1. The highest BCUT2D eigenvalue weighted by Gasteiger charge is 2.23. The SMILES string of the molecule is Cc1oc(-c2ccco2)nc1CC(=O)N1CCCN(c2nc3ccccc3[nH]2)CC1. The van der Waals surface area contributed by atoms with Crippen molar-refractivity contribution in [3.05, 3.63) is 54.1 Å². The Hall–Kier alpha value is -3.55. The fourth-order valence-corrected chi connectivity index (χ4v) is 3.82. The zero-order valence-corrected chi connectivity index (χ0v) is 16.8. The number of nitrogens with zero attached hydrogens (tertiary/aromatic N) is 4. The molecule has 4 aromatic rings. The summed E-state index contributed by atoms with van der Waals surface area (Å²) in [5.41, 5.74) is 2.64. The molecule has 4 heterocycles. The number of benzene rings is 1. The summed E-state index contributed by atoms with van der Waals surface area (Å²) in [6.45, 7) is 4.79. The molecule has 1 saturated heterocycles. The Labute approximate surface area is 173 Å². The van der Waals surface area contributed by atoms with Crippen LogP contribution in [0, 0.1) is 6.92 Å². The predicted molar refractivity (Wildman–Crippen MR) is 112 cm³/mol. The fourth-order valence-electron chi connectivity index (χ4n) is 3.82. The van der Waals surface area contributed by atoms with E-state index >= 15 is 0 Å². The lowest BCUT2D eigenvalue weighted by atomic mass is 10.2. The first kappa shape index (κ1) is 18.5. The van der Waals surface area contributed by atoms with Gasteiger partial charge in [-0.15, -0.1) is 0 Å². The van der Waals surface area contributed by atoms with Gasteiger partial charge in [0, 0.05) is 26.2 Å². The van der Waals surface area contributed by atoms with Crippen LogP contribution >= 0.6 is 0 Å². The summed E-state index contributed by atoms with van der Waals surface area (Å²) < 4.78 is 11.0. The van der Waals surface area contributed by atoms with Crippen molar-refractivity contribution in [1.82, 2.24) is 19.9 Å². The summed E-state index contributed by atoms with van der Waals surface area (Å²) >= 11 is 0. The number of fused-ring (bicyclic) bond motifs is 1. The molecule has 0 aliphatic carbocycles. The monoisotopic (exact) mass is 405 g/mol. The molecule has 8 nitrogen and oxygen atoms in total. The van der Waals surface area contributed by atoms with Crippen LogP contribution in [0.25, 0.3) is 22.7 Å². The fraction of sp³-hybridized carbons (Fsp3) is 0.318. The lowest BCUT2D eigenvalue weighted by Crippen LogP contribution is -2.36. The molecule has 8 heteroatoms. The Balaban J connectivity index is 1.25. The third kappa shape index (κ3) is 3.56. The molecule has 0 atom stereocenters. The number of carbonyl (C=O) groups excluding carboxylic acids is 1. The van der Waals surface area contributed by atoms with Crippen LogP contribution in [0.1, 0.15) is 17.9 Å². The summed E-state index contributed by atoms with van der Waals surface area (Å²) in [4.78, 5) is 29.6. The molecule has 5 rings (SSSR count). The second kappa shape index (κ2) is 7.70. The molecule has 1 aromatic carbocycles. The molecular weight excluding hydrogens is 382 g/mol. The summed E-state index contributed by atoms with van der Waals surface area (Å²) in [7, 11) is 0. The lowest BCUT2D eigenvalue weighted by Gasteiger charge is -2.21. The maximum Gasteiger partial charge on any atom is 0.263 e. The normalized spacial score (nSPS) is 15.0. The quantitative estimate of drug-likeness (QED) is 0.560. The van der Waals surface area contributed by atoms with Gasteiger partial charge in [0.1, 0.15) is 5.76 Å². The van der Waals surface area contributed by atoms with E-state index in [0.717, 1.165) is 43.0 Å². The minimum absolute atomic E-state index is 0.0591. The number of aryl methyl sites for hydroxylation is 1. The number of oxazole rings is 1. The molecule has 1 aliphatic rings. The number of carbonyl (C=O) groups is 1. The van der Waals surface area contributed by atoms with Crippen LogP contribution < -0.4 is 4.90 Å². The lowest BCUT2D eigenvalue weighted by molar-refractivity contribution is -0.130. The van der Waals surface area contributed by atoms with E-state index in [2.05, 4.69) is 14.9 Å². The number of anilines is 1. The summed E-state index contributed by atoms with van der Waals surface area (Å²) in [6.07, 6.45) is 2.68. The number of H-pyrrole nitrogens is 1. The average molecular weight is 405 g/mol. The molecule has 3 aromatic heterocycles. The van der Waals surface area contributed by atoms with Crippen LogP contribution in [0.15, 0.2) is 51.5 Å². The first-order chi connectivity index (χ1) is 14.7. The standard InChI is InChI=1S/C22H23N5O3/c1-15-18(23-21(30-15)19-8-4-13-29-19)14-20(28)26-9-5-10-27(12-11-26)22-24-16-6-2-3-7-17(16)25-22/h2-4,6-8,13H,5,9-12,14H2,1H3,(H,24,25). The van der Waals surface area contributed by atoms with Crippen molar-refractivity contribution in [3.63, 3.8) is 0 Å². The predicted octanol–water partition coefficient (Wildman–Crippen LogP) is 3.40. The van der Waals surface area contributed by atoms with E-state index in [9.17, 15) is 4.79 Å². The van der Waals surface area contributed by atoms with Crippen molar-refractivity contribution in [2.45, 2.75) is 19.8 Å². The van der Waals surface area contributed by atoms with E-state index in [1.54, 1.807) is 18.4 Å². The molecule has 30 heavy (non-hydrogen) atoms. The van der Waals surface area contributed by atoms with E-state index in [-0.39, 0.29) is 12.3 Å². The van der Waals surface area contributed by atoms with Gasteiger partial charge in [0.15, 0.2) is 5.76 Å². The molecule has 1 fully saturated rings. The maximum absolute atomic E-state index is 12.9. The van der Waals surface area contributed by atoms with Crippen LogP contribution in [0.4, 0.5) is 5.95 Å². The third-order valence-electron chi connectivity index (χ3n) is 5.47. The molecular formula is C22H23N5O3. The van der Waals surface area contributed by atoms with E-state index in [1.807, 2.05) is 36.1 Å². The second-order valence-corrected chi connectivity index (χ2v) is 7.47. The van der Waals surface area contributed by atoms with Crippen LogP contribution in [-0.4, -0.2) is 51.9 Å². The number of hydrogen-bond acceptors (Lipinski definition) is 6. The summed E-state index contributed by atoms with van der Waals surface area (Å²) in [5, 5.41) is 0. The summed E-state index contributed by atoms with van der Waals surface area (Å²) in [6, 6.07) is 11.6. The van der Waals surface area contributed by atoms with Crippen molar-refractivity contribution in [2.24, 2.45) is 0 Å². The van der Waals surface area contributed by atoms with Gasteiger partial charge < -0.3 is 23.6 Å². The minimum atomic E-state index is 0.0591. The zero-order valence-electron chi connectivity index (χ0n) is 16.8. The molecule has 1 amide bonds. The minimum Gasteiger partial charge on any atom is -0.459 e. The van der Waals surface area contributed by atoms with Gasteiger partial charge in [0.2, 0.25) is 11.9 Å². The van der Waals surface area contributed by atoms with Crippen LogP contribution in [0.5, 0.6) is 0 Å². The van der Waals surface area contributed by atoms with E-state index < -0.39 is 0 Å². The third-order valence-corrected chi connectivity index (χ3v) is 5.47. The van der Waals surface area contributed by atoms with Crippen molar-refractivity contribution in [3.8, 4) is 11.7 Å². The number of imidazole rings is 1. The highest BCUT2D eigenvalue weighted by atomic mass is 16.4. The Morgan fingerprint density at radius 2 is 2.00 bits per heavy atom. The topological polar surface area (TPSA) is 91.4 Å². The maximum atomic E-state index is 12.9. The molecule has 0 bridgehead atoms. The number of furan rings is 1. The number of para-hydroxylation sites is 2. The Bertz CT molecular complexity index is 1130. The molecule has 1 N–H and O–H groups in total. The van der Waals surface area contributed by atoms with Gasteiger partial charge in [-0.25, -0.2) is 9.97 Å². The largest absolute Gasteiger partial charge is 0.459 e. The van der Waals surface area contributed by atoms with Gasteiger partial charge >= 0.3 is 0 Å². The highest BCUT2D eigenvalue weighted by Crippen LogP contribution is 2.23. The smallest absolute Gasteiger partial charge is 0.263 e. The van der Waals surface area contributed by atoms with Gasteiger partial charge in [0.05, 0.1) is 29.4 Å². The van der Waals surface area contributed by atoms with E-state index in [4.69, 9.17) is 13.8 Å². The number of aromatic amines is 1. The molecule has 154 valence electrons. The average Bonchev–Trinajstić information content (AvgIpc) is 3.45. The molecule has 0 spiro atoms. The first-order valence-electron chi connectivity index (χ1n) is 10.1. The van der Waals surface area contributed by atoms with Gasteiger partial charge in [-0.05, 0) is 37.6 Å². The molecule has 0 radical (unpaired) electrons. The number of nitrogens with one attached hydrogen (secondary N) is 1. The molecule has 1 aliphatic heterocycles. The Morgan fingerprint density at radius 1 is 1.10 bits per heavy atom. The Morgan fingerprint density at radius 3 is 2.83 bits per heavy atom. The van der Waals surface area contributed by atoms with Crippen molar-refractivity contribution in [1.29, 1.82) is 0 Å². The van der Waals surface area contributed by atoms with Crippen LogP contribution in [-0.2, 0) is 11.2 Å². The highest BCUT2D eigenvalue weighted by molar-refractivity contribution is 5.79. The van der Waals surface area contributed by atoms with Gasteiger partial charge in [-0.2, -0.15) is 0 Å². The number of aromatic nitrogens is 3. The van der Waals surface area contributed by atoms with Gasteiger partial charge in [-0.1, -0.05) is 12.1 Å². The second-order valence-electron chi connectivity index (χ2n) is 7.47. The number of hydrogen-bond donors (Lipinski definition) is 1. The number of rotatable bonds is 4. The van der Waals surface area contributed by atoms with Crippen LogP contribution in [0.2, 0.25) is 0 Å². The Kier molecular flexibility index (Phi) is 4.74. The summed E-state index contributed by atoms with van der Waals surface area (Å²) in [5.74, 6) is 2.54. The van der Waals surface area contributed by atoms with E-state index in [0.29, 0.717) is 29.6 Å². The van der Waals surface area contributed by atoms with Crippen LogP contribution in [0.3, 0.4) is 0 Å². The van der Waals surface area contributed by atoms with Crippen molar-refractivity contribution >= 4 is 22.9 Å². The van der Waals surface area contributed by atoms with Crippen molar-refractivity contribution in [2.75, 3.05) is 31.1 Å². The molecule has 0 unspecified atom stereocenters. The van der Waals surface area contributed by atoms with Gasteiger partial charge in [0.25, 0.3) is 5.89 Å². The number of amides is 1. The van der Waals surface area contributed by atoms with Crippen molar-refractivity contribution < 1.29 is 13.6 Å². The molecule has 0 saturated carbocycles.